The summed E-state index contributed by atoms with van der Waals surface area (Å²) in [7, 11) is 1.48. The van der Waals surface area contributed by atoms with Gasteiger partial charge in [0, 0.05) is 18.8 Å². The van der Waals surface area contributed by atoms with E-state index in [4.69, 9.17) is 0 Å². The van der Waals surface area contributed by atoms with E-state index in [1.54, 1.807) is 6.92 Å². The van der Waals surface area contributed by atoms with Crippen molar-refractivity contribution in [2.24, 2.45) is 0 Å². The van der Waals surface area contributed by atoms with E-state index < -0.39 is 17.5 Å². The number of aryl methyl sites for hydroxylation is 1. The fraction of sp³-hybridized carbons (Fsp3) is 0.118. The summed E-state index contributed by atoms with van der Waals surface area (Å²) in [5.41, 5.74) is 0.925. The predicted octanol–water partition coefficient (Wildman–Crippen LogP) is 2.88. The molecule has 0 aliphatic heterocycles. The maximum absolute atomic E-state index is 13.3. The van der Waals surface area contributed by atoms with Gasteiger partial charge in [-0.05, 0) is 30.6 Å². The van der Waals surface area contributed by atoms with Crippen LogP contribution in [0.3, 0.4) is 0 Å². The fourth-order valence-electron chi connectivity index (χ4n) is 2.24. The van der Waals surface area contributed by atoms with E-state index in [0.717, 1.165) is 23.7 Å². The molecule has 0 aliphatic carbocycles. The van der Waals surface area contributed by atoms with Crippen molar-refractivity contribution in [3.05, 3.63) is 59.2 Å². The predicted molar refractivity (Wildman–Crippen MR) is 99.9 cm³/mol. The molecule has 28 heavy (non-hydrogen) atoms. The van der Waals surface area contributed by atoms with Gasteiger partial charge < -0.3 is 16.0 Å². The van der Waals surface area contributed by atoms with E-state index in [-0.39, 0.29) is 22.9 Å². The first-order valence-corrected chi connectivity index (χ1v) is 8.70. The van der Waals surface area contributed by atoms with E-state index in [0.29, 0.717) is 16.5 Å². The number of rotatable bonds is 5. The van der Waals surface area contributed by atoms with Crippen LogP contribution in [0.15, 0.2) is 30.6 Å². The third kappa shape index (κ3) is 4.09. The van der Waals surface area contributed by atoms with Crippen LogP contribution in [-0.4, -0.2) is 33.2 Å². The summed E-state index contributed by atoms with van der Waals surface area (Å²) in [5.74, 6) is -2.69. The zero-order valence-corrected chi connectivity index (χ0v) is 15.5. The van der Waals surface area contributed by atoms with Gasteiger partial charge in [-0.3, -0.25) is 9.59 Å². The summed E-state index contributed by atoms with van der Waals surface area (Å²) >= 11 is 1.03. The molecule has 11 heteroatoms. The summed E-state index contributed by atoms with van der Waals surface area (Å²) in [6.07, 6.45) is 2.63. The maximum Gasteiger partial charge on any atom is 0.271 e. The third-order valence-electron chi connectivity index (χ3n) is 3.62. The van der Waals surface area contributed by atoms with Crippen molar-refractivity contribution >= 4 is 39.9 Å². The third-order valence-corrected chi connectivity index (χ3v) is 4.47. The Hall–Kier alpha value is -3.47. The molecule has 0 saturated carbocycles. The Balaban J connectivity index is 1.80. The Morgan fingerprint density at radius 2 is 1.86 bits per heavy atom. The van der Waals surface area contributed by atoms with Crippen LogP contribution >= 0.6 is 11.5 Å². The molecule has 3 aromatic rings. The van der Waals surface area contributed by atoms with Gasteiger partial charge in [0.05, 0.1) is 23.7 Å². The molecule has 3 N–H and O–H groups in total. The molecule has 0 radical (unpaired) electrons. The number of hydrogen-bond acceptors (Lipinski definition) is 7. The van der Waals surface area contributed by atoms with Crippen molar-refractivity contribution in [1.29, 1.82) is 0 Å². The number of hydrogen-bond donors (Lipinski definition) is 3. The molecular weight excluding hydrogens is 390 g/mol. The molecule has 0 saturated heterocycles. The number of aromatic nitrogens is 3. The Morgan fingerprint density at radius 1 is 1.07 bits per heavy atom. The van der Waals surface area contributed by atoms with Crippen molar-refractivity contribution < 1.29 is 18.4 Å². The van der Waals surface area contributed by atoms with E-state index in [1.165, 1.54) is 25.5 Å². The second-order valence-corrected chi connectivity index (χ2v) is 6.32. The summed E-state index contributed by atoms with van der Waals surface area (Å²) in [5, 5.41) is 8.25. The first kappa shape index (κ1) is 19.3. The molecular formula is C17H14F2N6O2S. The van der Waals surface area contributed by atoms with Crippen molar-refractivity contribution in [3.63, 3.8) is 0 Å². The number of nitrogens with one attached hydrogen (secondary N) is 3. The lowest BCUT2D eigenvalue weighted by Gasteiger charge is -2.08. The molecule has 0 aliphatic rings. The average Bonchev–Trinajstić information content (AvgIpc) is 3.05. The van der Waals surface area contributed by atoms with E-state index in [9.17, 15) is 18.4 Å². The van der Waals surface area contributed by atoms with Crippen LogP contribution < -0.4 is 16.0 Å². The summed E-state index contributed by atoms with van der Waals surface area (Å²) in [6, 6.07) is 3.06. The van der Waals surface area contributed by atoms with Crippen LogP contribution in [0.2, 0.25) is 0 Å². The zero-order chi connectivity index (χ0) is 20.3. The van der Waals surface area contributed by atoms with Gasteiger partial charge in [0.2, 0.25) is 0 Å². The zero-order valence-electron chi connectivity index (χ0n) is 14.7. The highest BCUT2D eigenvalue weighted by Crippen LogP contribution is 2.28. The molecule has 0 unspecified atom stereocenters. The molecule has 0 fully saturated rings. The number of carbonyl (C=O) groups is 2. The molecule has 1 aromatic carbocycles. The number of amides is 2. The summed E-state index contributed by atoms with van der Waals surface area (Å²) < 4.78 is 30.5. The molecule has 3 rings (SSSR count). The number of carbonyl (C=O) groups excluding carboxylic acids is 2. The van der Waals surface area contributed by atoms with Gasteiger partial charge in [-0.25, -0.2) is 18.7 Å². The van der Waals surface area contributed by atoms with Crippen LogP contribution in [-0.2, 0) is 0 Å². The second kappa shape index (κ2) is 8.05. The van der Waals surface area contributed by atoms with Gasteiger partial charge >= 0.3 is 0 Å². The first-order chi connectivity index (χ1) is 13.4. The van der Waals surface area contributed by atoms with Crippen molar-refractivity contribution in [2.75, 3.05) is 17.7 Å². The van der Waals surface area contributed by atoms with Crippen LogP contribution in [0.25, 0.3) is 0 Å². The number of nitrogens with zero attached hydrogens (tertiary/aromatic N) is 3. The van der Waals surface area contributed by atoms with Crippen molar-refractivity contribution in [1.82, 2.24) is 19.7 Å². The summed E-state index contributed by atoms with van der Waals surface area (Å²) in [4.78, 5) is 32.2. The van der Waals surface area contributed by atoms with Crippen LogP contribution in [0.5, 0.6) is 0 Å². The Labute approximate surface area is 162 Å². The van der Waals surface area contributed by atoms with Gasteiger partial charge in [0.1, 0.15) is 16.5 Å². The highest BCUT2D eigenvalue weighted by molar-refractivity contribution is 7.10. The monoisotopic (exact) mass is 404 g/mol. The Kier molecular flexibility index (Phi) is 5.54. The van der Waals surface area contributed by atoms with Gasteiger partial charge in [0.25, 0.3) is 11.8 Å². The topological polar surface area (TPSA) is 109 Å². The highest BCUT2D eigenvalue weighted by Gasteiger charge is 2.20. The molecule has 0 bridgehead atoms. The quantitative estimate of drug-likeness (QED) is 0.603. The van der Waals surface area contributed by atoms with Crippen LogP contribution in [0, 0.1) is 18.6 Å². The van der Waals surface area contributed by atoms with Crippen molar-refractivity contribution in [2.45, 2.75) is 6.92 Å². The normalized spacial score (nSPS) is 10.4. The minimum absolute atomic E-state index is 0.107. The van der Waals surface area contributed by atoms with Gasteiger partial charge in [-0.1, -0.05) is 0 Å². The highest BCUT2D eigenvalue weighted by atomic mass is 32.1. The lowest BCUT2D eigenvalue weighted by Crippen LogP contribution is -2.19. The van der Waals surface area contributed by atoms with Crippen molar-refractivity contribution in [3.8, 4) is 0 Å². The van der Waals surface area contributed by atoms with Crippen LogP contribution in [0.4, 0.5) is 25.3 Å². The molecule has 144 valence electrons. The molecule has 8 nitrogen and oxygen atoms in total. The number of anilines is 3. The lowest BCUT2D eigenvalue weighted by molar-refractivity contribution is 0.0957. The van der Waals surface area contributed by atoms with E-state index in [1.807, 2.05) is 0 Å². The van der Waals surface area contributed by atoms with Gasteiger partial charge in [-0.2, -0.15) is 4.37 Å². The molecule has 0 spiro atoms. The second-order valence-electron chi connectivity index (χ2n) is 5.55. The van der Waals surface area contributed by atoms with Crippen LogP contribution in [0.1, 0.15) is 26.5 Å². The molecule has 0 atom stereocenters. The average molecular weight is 404 g/mol. The summed E-state index contributed by atoms with van der Waals surface area (Å²) in [6.45, 7) is 1.64. The van der Waals surface area contributed by atoms with E-state index in [2.05, 4.69) is 30.3 Å². The smallest absolute Gasteiger partial charge is 0.271 e. The Bertz CT molecular complexity index is 1040. The standard InChI is InChI=1S/C17H14F2N6O2S/c1-8-14(16(27)23-9-3-4-10(18)11(19)5-9)17(28-25-8)24-13-7-21-12(6-22-13)15(26)20-2/h3-7H,1-2H3,(H,20,26)(H,22,24)(H,23,27). The SMILES string of the molecule is CNC(=O)c1cnc(Nc2snc(C)c2C(=O)Nc2ccc(F)c(F)c2)cn1. The number of halogens is 2. The van der Waals surface area contributed by atoms with E-state index >= 15 is 0 Å². The Morgan fingerprint density at radius 3 is 2.50 bits per heavy atom. The molecule has 2 aromatic heterocycles. The minimum atomic E-state index is -1.07. The van der Waals surface area contributed by atoms with Gasteiger partial charge in [0.15, 0.2) is 11.6 Å². The maximum atomic E-state index is 13.3. The molecule has 2 amide bonds. The lowest BCUT2D eigenvalue weighted by atomic mass is 10.2. The molecule has 2 heterocycles. The van der Waals surface area contributed by atoms with Gasteiger partial charge in [-0.15, -0.1) is 0 Å². The minimum Gasteiger partial charge on any atom is -0.354 e. The fourth-order valence-corrected chi connectivity index (χ4v) is 3.05. The largest absolute Gasteiger partial charge is 0.354 e. The number of benzene rings is 1. The first-order valence-electron chi connectivity index (χ1n) is 7.93.